The molecule has 0 saturated heterocycles. The standard InChI is InChI=1S/C25H26IN3O/c1-29(18-12-11-17-26)24-21-15-9-10-16-22(21)27-19-23(24)28-25(30)20-13-7-5-3-2-4-6-8-14-20/h2-10,13-16,19H,11-12,17-18H2,1H3,(H,28,30). The lowest BCUT2D eigenvalue weighted by Crippen LogP contribution is -2.22. The molecule has 1 aromatic heterocycles. The predicted octanol–water partition coefficient (Wildman–Crippen LogP) is 6.26. The fraction of sp³-hybridized carbons (Fsp3) is 0.200. The zero-order valence-electron chi connectivity index (χ0n) is 17.1. The zero-order chi connectivity index (χ0) is 21.2. The first-order chi connectivity index (χ1) is 14.7. The number of para-hydroxylation sites is 1. The Hall–Kier alpha value is -2.67. The second-order valence-electron chi connectivity index (χ2n) is 6.95. The summed E-state index contributed by atoms with van der Waals surface area (Å²) in [5, 5.41) is 4.13. The maximum Gasteiger partial charge on any atom is 0.255 e. The number of pyridine rings is 1. The molecular weight excluding hydrogens is 485 g/mol. The van der Waals surface area contributed by atoms with E-state index in [0.29, 0.717) is 5.56 Å². The van der Waals surface area contributed by atoms with Crippen molar-refractivity contribution in [1.29, 1.82) is 0 Å². The summed E-state index contributed by atoms with van der Waals surface area (Å²) in [6.07, 6.45) is 4.02. The Morgan fingerprint density at radius 1 is 0.933 bits per heavy atom. The van der Waals surface area contributed by atoms with Crippen molar-refractivity contribution in [3.8, 4) is 0 Å². The monoisotopic (exact) mass is 511 g/mol. The number of nitrogens with zero attached hydrogens (tertiary/aromatic N) is 2. The third-order valence-corrected chi connectivity index (χ3v) is 5.50. The molecule has 2 aromatic carbocycles. The van der Waals surface area contributed by atoms with Crippen LogP contribution in [-0.2, 0) is 0 Å². The molecule has 0 bridgehead atoms. The molecule has 0 spiro atoms. The number of anilines is 2. The highest BCUT2D eigenvalue weighted by atomic mass is 127. The highest BCUT2D eigenvalue weighted by molar-refractivity contribution is 14.1. The van der Waals surface area contributed by atoms with E-state index >= 15 is 0 Å². The number of aromatic nitrogens is 1. The van der Waals surface area contributed by atoms with Gasteiger partial charge in [-0.1, -0.05) is 83.3 Å². The molecule has 0 aliphatic carbocycles. The molecule has 1 N–H and O–H groups in total. The van der Waals surface area contributed by atoms with Crippen LogP contribution in [0.5, 0.6) is 0 Å². The Morgan fingerprint density at radius 2 is 1.57 bits per heavy atom. The van der Waals surface area contributed by atoms with Crippen LogP contribution in [0.1, 0.15) is 23.2 Å². The van der Waals surface area contributed by atoms with Crippen molar-refractivity contribution in [1.82, 2.24) is 4.98 Å². The van der Waals surface area contributed by atoms with E-state index in [9.17, 15) is 4.79 Å². The molecule has 30 heavy (non-hydrogen) atoms. The molecule has 154 valence electrons. The maximum absolute atomic E-state index is 13.0. The molecule has 0 atom stereocenters. The van der Waals surface area contributed by atoms with Gasteiger partial charge in [0.25, 0.3) is 5.91 Å². The summed E-state index contributed by atoms with van der Waals surface area (Å²) in [6, 6.07) is 25.0. The van der Waals surface area contributed by atoms with Crippen molar-refractivity contribution < 1.29 is 4.79 Å². The van der Waals surface area contributed by atoms with E-state index in [1.165, 1.54) is 6.42 Å². The largest absolute Gasteiger partial charge is 0.372 e. The number of carbonyl (C=O) groups is 1. The fourth-order valence-corrected chi connectivity index (χ4v) is 3.76. The summed E-state index contributed by atoms with van der Waals surface area (Å²) in [7, 11) is 2.08. The number of nitrogens with one attached hydrogen (secondary N) is 1. The van der Waals surface area contributed by atoms with Crippen LogP contribution in [0.25, 0.3) is 10.9 Å². The molecule has 3 rings (SSSR count). The second kappa shape index (κ2) is 11.5. The van der Waals surface area contributed by atoms with Gasteiger partial charge in [-0.15, -0.1) is 0 Å². The van der Waals surface area contributed by atoms with Crippen molar-refractivity contribution in [3.05, 3.63) is 90.6 Å². The lowest BCUT2D eigenvalue weighted by molar-refractivity contribution is 0.102. The topological polar surface area (TPSA) is 45.2 Å². The van der Waals surface area contributed by atoms with E-state index in [2.05, 4.69) is 50.9 Å². The highest BCUT2D eigenvalue weighted by Gasteiger charge is 2.15. The number of hydrogen-bond donors (Lipinski definition) is 1. The van der Waals surface area contributed by atoms with Gasteiger partial charge in [0, 0.05) is 24.5 Å². The van der Waals surface area contributed by atoms with Crippen LogP contribution in [0.2, 0.25) is 0 Å². The van der Waals surface area contributed by atoms with Gasteiger partial charge in [0.2, 0.25) is 0 Å². The summed E-state index contributed by atoms with van der Waals surface area (Å²) < 4.78 is 1.14. The number of halogens is 1. The van der Waals surface area contributed by atoms with E-state index in [4.69, 9.17) is 0 Å². The van der Waals surface area contributed by atoms with Crippen LogP contribution in [-0.4, -0.2) is 28.9 Å². The first-order valence-electron chi connectivity index (χ1n) is 10.1. The van der Waals surface area contributed by atoms with Crippen molar-refractivity contribution >= 4 is 50.8 Å². The first kappa shape index (κ1) is 22.0. The van der Waals surface area contributed by atoms with Gasteiger partial charge in [-0.2, -0.15) is 0 Å². The summed E-state index contributed by atoms with van der Waals surface area (Å²) in [5.41, 5.74) is 3.23. The molecule has 0 unspecified atom stereocenters. The molecule has 0 aliphatic rings. The van der Waals surface area contributed by atoms with E-state index < -0.39 is 0 Å². The normalized spacial score (nSPS) is 10.3. The number of amides is 1. The van der Waals surface area contributed by atoms with Crippen molar-refractivity contribution in [2.24, 2.45) is 0 Å². The van der Waals surface area contributed by atoms with Crippen molar-refractivity contribution in [3.63, 3.8) is 0 Å². The molecule has 4 nitrogen and oxygen atoms in total. The van der Waals surface area contributed by atoms with Crippen molar-refractivity contribution in [2.45, 2.75) is 12.8 Å². The molecule has 1 amide bonds. The number of fused-ring (bicyclic) bond motifs is 1. The summed E-state index contributed by atoms with van der Waals surface area (Å²) in [5.74, 6) is -0.159. The Kier molecular flexibility index (Phi) is 8.44. The van der Waals surface area contributed by atoms with Gasteiger partial charge in [0.15, 0.2) is 0 Å². The number of benzene rings is 1. The van der Waals surface area contributed by atoms with Crippen LogP contribution < -0.4 is 10.2 Å². The van der Waals surface area contributed by atoms with E-state index in [1.54, 1.807) is 6.20 Å². The van der Waals surface area contributed by atoms with Crippen LogP contribution in [0, 0.1) is 0 Å². The Morgan fingerprint density at radius 3 is 2.27 bits per heavy atom. The van der Waals surface area contributed by atoms with Crippen LogP contribution in [0.4, 0.5) is 11.4 Å². The van der Waals surface area contributed by atoms with E-state index in [-0.39, 0.29) is 5.91 Å². The number of alkyl halides is 1. The average molecular weight is 511 g/mol. The lowest BCUT2D eigenvalue weighted by atomic mass is 10.1. The molecule has 0 radical (unpaired) electrons. The molecule has 0 fully saturated rings. The fourth-order valence-electron chi connectivity index (χ4n) is 3.23. The Bertz CT molecular complexity index is 1030. The van der Waals surface area contributed by atoms with Gasteiger partial charge < -0.3 is 10.2 Å². The number of carbonyl (C=O) groups excluding carboxylic acids is 1. The summed E-state index contributed by atoms with van der Waals surface area (Å²) >= 11 is 2.41. The highest BCUT2D eigenvalue weighted by Crippen LogP contribution is 2.33. The van der Waals surface area contributed by atoms with Gasteiger partial charge in [-0.25, -0.2) is 0 Å². The van der Waals surface area contributed by atoms with Crippen LogP contribution in [0.3, 0.4) is 0 Å². The van der Waals surface area contributed by atoms with E-state index in [0.717, 1.165) is 39.7 Å². The SMILES string of the molecule is CN(CCCCI)c1c(NC(=O)c2ccccccccc2)cnc2ccccc12. The quantitative estimate of drug-likeness (QED) is 0.231. The van der Waals surface area contributed by atoms with E-state index in [1.807, 2.05) is 72.8 Å². The smallest absolute Gasteiger partial charge is 0.255 e. The Balaban J connectivity index is 1.97. The van der Waals surface area contributed by atoms with Crippen LogP contribution in [0.15, 0.2) is 85.1 Å². The Labute approximate surface area is 191 Å². The molecule has 3 aromatic rings. The summed E-state index contributed by atoms with van der Waals surface area (Å²) in [6.45, 7) is 0.919. The molecule has 0 saturated carbocycles. The number of unbranched alkanes of at least 4 members (excludes halogenated alkanes) is 1. The third kappa shape index (κ3) is 5.92. The average Bonchev–Trinajstić information content (AvgIpc) is 2.77. The lowest BCUT2D eigenvalue weighted by Gasteiger charge is -2.24. The van der Waals surface area contributed by atoms with Crippen molar-refractivity contribution in [2.75, 3.05) is 28.2 Å². The molecular formula is C25H26IN3O. The summed E-state index contributed by atoms with van der Waals surface area (Å²) in [4.78, 5) is 19.8. The van der Waals surface area contributed by atoms with Gasteiger partial charge in [0.05, 0.1) is 23.1 Å². The molecule has 5 heteroatoms. The predicted molar refractivity (Wildman–Crippen MR) is 135 cm³/mol. The van der Waals surface area contributed by atoms with Gasteiger partial charge in [-0.3, -0.25) is 9.78 Å². The second-order valence-corrected chi connectivity index (χ2v) is 8.02. The van der Waals surface area contributed by atoms with Gasteiger partial charge in [0.1, 0.15) is 0 Å². The zero-order valence-corrected chi connectivity index (χ0v) is 19.2. The minimum atomic E-state index is -0.159. The third-order valence-electron chi connectivity index (χ3n) is 4.73. The minimum Gasteiger partial charge on any atom is -0.372 e. The van der Waals surface area contributed by atoms with Gasteiger partial charge >= 0.3 is 0 Å². The van der Waals surface area contributed by atoms with Gasteiger partial charge in [-0.05, 0) is 35.5 Å². The minimum absolute atomic E-state index is 0.159. The number of hydrogen-bond acceptors (Lipinski definition) is 3. The molecule has 0 aliphatic heterocycles. The molecule has 1 heterocycles. The maximum atomic E-state index is 13.0. The van der Waals surface area contributed by atoms with Crippen LogP contribution >= 0.6 is 22.6 Å². The first-order valence-corrected chi connectivity index (χ1v) is 11.6. The number of rotatable bonds is 7.